The van der Waals surface area contributed by atoms with Gasteiger partial charge in [-0.3, -0.25) is 4.79 Å². The van der Waals surface area contributed by atoms with Gasteiger partial charge in [0.15, 0.2) is 0 Å². The molecule has 0 bridgehead atoms. The Labute approximate surface area is 119 Å². The van der Waals surface area contributed by atoms with Gasteiger partial charge in [-0.15, -0.1) is 0 Å². The molecule has 5 nitrogen and oxygen atoms in total. The van der Waals surface area contributed by atoms with Crippen LogP contribution >= 0.6 is 0 Å². The molecule has 0 saturated heterocycles. The van der Waals surface area contributed by atoms with E-state index in [4.69, 9.17) is 9.57 Å². The van der Waals surface area contributed by atoms with Gasteiger partial charge in [0.25, 0.3) is 0 Å². The van der Waals surface area contributed by atoms with Crippen molar-refractivity contribution in [3.05, 3.63) is 29.8 Å². The van der Waals surface area contributed by atoms with Crippen LogP contribution in [0.2, 0.25) is 0 Å². The molecule has 20 heavy (non-hydrogen) atoms. The molecule has 0 amide bonds. The zero-order valence-electron chi connectivity index (χ0n) is 12.1. The Balaban J connectivity index is 2.93. The van der Waals surface area contributed by atoms with E-state index in [-0.39, 0.29) is 11.7 Å². The number of hydrogen-bond acceptors (Lipinski definition) is 5. The van der Waals surface area contributed by atoms with Crippen LogP contribution in [0.3, 0.4) is 0 Å². The van der Waals surface area contributed by atoms with E-state index in [1.807, 2.05) is 13.8 Å². The molecule has 1 aromatic carbocycles. The van der Waals surface area contributed by atoms with Crippen LogP contribution in [0.4, 0.5) is 0 Å². The maximum Gasteiger partial charge on any atom is 0.314 e. The number of nitrogens with zero attached hydrogens (tertiary/aromatic N) is 1. The first-order valence-electron chi connectivity index (χ1n) is 6.66. The van der Waals surface area contributed by atoms with Crippen LogP contribution in [0.5, 0.6) is 5.75 Å². The topological polar surface area (TPSA) is 68.1 Å². The van der Waals surface area contributed by atoms with Crippen LogP contribution in [-0.2, 0) is 20.8 Å². The summed E-state index contributed by atoms with van der Waals surface area (Å²) in [4.78, 5) is 17.0. The minimum absolute atomic E-state index is 0.196. The molecule has 1 atom stereocenters. The molecule has 0 spiro atoms. The lowest BCUT2D eigenvalue weighted by molar-refractivity contribution is -0.143. The van der Waals surface area contributed by atoms with Gasteiger partial charge in [0.2, 0.25) is 0 Å². The summed E-state index contributed by atoms with van der Waals surface area (Å²) < 4.78 is 4.85. The molecule has 110 valence electrons. The van der Waals surface area contributed by atoms with Crippen LogP contribution in [0.1, 0.15) is 25.8 Å². The average Bonchev–Trinajstić information content (AvgIpc) is 2.47. The third-order valence-corrected chi connectivity index (χ3v) is 2.94. The van der Waals surface area contributed by atoms with E-state index < -0.39 is 5.92 Å². The number of aromatic hydroxyl groups is 1. The SMILES string of the molecule is CCON=C(CC)C(Cc1ccc(O)cc1)C(=O)OC. The zero-order chi connectivity index (χ0) is 15.0. The van der Waals surface area contributed by atoms with Crippen LogP contribution in [0, 0.1) is 5.92 Å². The number of carbonyl (C=O) groups is 1. The normalized spacial score (nSPS) is 12.8. The third-order valence-electron chi connectivity index (χ3n) is 2.94. The van der Waals surface area contributed by atoms with E-state index in [0.717, 1.165) is 5.56 Å². The van der Waals surface area contributed by atoms with E-state index in [0.29, 0.717) is 25.2 Å². The highest BCUT2D eigenvalue weighted by Gasteiger charge is 2.25. The smallest absolute Gasteiger partial charge is 0.314 e. The molecule has 1 unspecified atom stereocenters. The molecular formula is C15H21NO4. The summed E-state index contributed by atoms with van der Waals surface area (Å²) in [6.45, 7) is 4.21. The zero-order valence-corrected chi connectivity index (χ0v) is 12.1. The Hall–Kier alpha value is -2.04. The molecule has 1 N–H and O–H groups in total. The second-order valence-electron chi connectivity index (χ2n) is 4.30. The number of methoxy groups -OCH3 is 1. The van der Waals surface area contributed by atoms with Crippen LogP contribution in [-0.4, -0.2) is 30.5 Å². The second-order valence-corrected chi connectivity index (χ2v) is 4.30. The van der Waals surface area contributed by atoms with Crippen molar-refractivity contribution in [1.82, 2.24) is 0 Å². The second kappa shape index (κ2) is 8.19. The number of rotatable bonds is 7. The largest absolute Gasteiger partial charge is 0.508 e. The number of esters is 1. The van der Waals surface area contributed by atoms with Gasteiger partial charge >= 0.3 is 5.97 Å². The van der Waals surface area contributed by atoms with Crippen LogP contribution < -0.4 is 0 Å². The maximum atomic E-state index is 11.9. The van der Waals surface area contributed by atoms with E-state index >= 15 is 0 Å². The predicted molar refractivity (Wildman–Crippen MR) is 76.7 cm³/mol. The molecule has 0 aromatic heterocycles. The first-order valence-corrected chi connectivity index (χ1v) is 6.66. The first-order chi connectivity index (χ1) is 9.62. The molecule has 0 heterocycles. The quantitative estimate of drug-likeness (QED) is 0.473. The van der Waals surface area contributed by atoms with E-state index in [1.165, 1.54) is 7.11 Å². The summed E-state index contributed by atoms with van der Waals surface area (Å²) in [5.41, 5.74) is 1.59. The lowest BCUT2D eigenvalue weighted by Gasteiger charge is -2.16. The Kier molecular flexibility index (Phi) is 6.56. The van der Waals surface area contributed by atoms with Crippen molar-refractivity contribution in [3.8, 4) is 5.75 Å². The van der Waals surface area contributed by atoms with E-state index in [9.17, 15) is 9.90 Å². The molecule has 1 aromatic rings. The summed E-state index contributed by atoms with van der Waals surface area (Å²) in [5, 5.41) is 13.3. The van der Waals surface area contributed by atoms with Gasteiger partial charge < -0.3 is 14.7 Å². The number of benzene rings is 1. The van der Waals surface area contributed by atoms with Gasteiger partial charge in [0, 0.05) is 0 Å². The molecular weight excluding hydrogens is 258 g/mol. The van der Waals surface area contributed by atoms with Gasteiger partial charge in [-0.2, -0.15) is 0 Å². The predicted octanol–water partition coefficient (Wildman–Crippen LogP) is 2.53. The van der Waals surface area contributed by atoms with Gasteiger partial charge in [-0.05, 0) is 37.5 Å². The highest BCUT2D eigenvalue weighted by Crippen LogP contribution is 2.17. The van der Waals surface area contributed by atoms with Crippen LogP contribution in [0.25, 0.3) is 0 Å². The van der Waals surface area contributed by atoms with E-state index in [1.54, 1.807) is 24.3 Å². The fourth-order valence-electron chi connectivity index (χ4n) is 1.87. The molecule has 5 heteroatoms. The molecule has 0 aliphatic carbocycles. The van der Waals surface area contributed by atoms with Gasteiger partial charge in [0.1, 0.15) is 18.3 Å². The summed E-state index contributed by atoms with van der Waals surface area (Å²) in [6, 6.07) is 6.74. The average molecular weight is 279 g/mol. The number of phenols is 1. The highest BCUT2D eigenvalue weighted by molar-refractivity contribution is 6.02. The Morgan fingerprint density at radius 1 is 1.30 bits per heavy atom. The highest BCUT2D eigenvalue weighted by atomic mass is 16.6. The number of phenolic OH excluding ortho intramolecular Hbond substituents is 1. The fraction of sp³-hybridized carbons (Fsp3) is 0.467. The van der Waals surface area contributed by atoms with Crippen molar-refractivity contribution in [2.24, 2.45) is 11.1 Å². The Morgan fingerprint density at radius 2 is 1.95 bits per heavy atom. The maximum absolute atomic E-state index is 11.9. The molecule has 0 saturated carbocycles. The lowest BCUT2D eigenvalue weighted by Crippen LogP contribution is -2.27. The van der Waals surface area contributed by atoms with Crippen molar-refractivity contribution in [3.63, 3.8) is 0 Å². The fourth-order valence-corrected chi connectivity index (χ4v) is 1.87. The lowest BCUT2D eigenvalue weighted by atomic mass is 9.93. The summed E-state index contributed by atoms with van der Waals surface area (Å²) in [5.74, 6) is -0.610. The standard InChI is InChI=1S/C15H21NO4/c1-4-14(16-20-5-2)13(15(18)19-3)10-11-6-8-12(17)9-7-11/h6-9,13,17H,4-5,10H2,1-3H3. The number of ether oxygens (including phenoxy) is 1. The Morgan fingerprint density at radius 3 is 2.45 bits per heavy atom. The Bertz CT molecular complexity index is 453. The molecule has 0 radical (unpaired) electrons. The van der Waals surface area contributed by atoms with Gasteiger partial charge in [-0.25, -0.2) is 0 Å². The van der Waals surface area contributed by atoms with Gasteiger partial charge in [0.05, 0.1) is 12.8 Å². The summed E-state index contributed by atoms with van der Waals surface area (Å²) in [7, 11) is 1.36. The molecule has 0 aliphatic heterocycles. The molecule has 0 aliphatic rings. The minimum atomic E-state index is -0.471. The van der Waals surface area contributed by atoms with Crippen molar-refractivity contribution in [2.45, 2.75) is 26.7 Å². The number of oxime groups is 1. The van der Waals surface area contributed by atoms with Gasteiger partial charge in [-0.1, -0.05) is 24.2 Å². The minimum Gasteiger partial charge on any atom is -0.508 e. The van der Waals surface area contributed by atoms with Crippen molar-refractivity contribution >= 4 is 11.7 Å². The van der Waals surface area contributed by atoms with Crippen molar-refractivity contribution < 1.29 is 19.5 Å². The number of carbonyl (C=O) groups excluding carboxylic acids is 1. The monoisotopic (exact) mass is 279 g/mol. The van der Waals surface area contributed by atoms with Crippen molar-refractivity contribution in [2.75, 3.05) is 13.7 Å². The van der Waals surface area contributed by atoms with E-state index in [2.05, 4.69) is 5.16 Å². The third kappa shape index (κ3) is 4.57. The summed E-state index contributed by atoms with van der Waals surface area (Å²) >= 11 is 0. The van der Waals surface area contributed by atoms with Crippen molar-refractivity contribution in [1.29, 1.82) is 0 Å². The van der Waals surface area contributed by atoms with Crippen LogP contribution in [0.15, 0.2) is 29.4 Å². The first kappa shape index (κ1) is 16.0. The molecule has 1 rings (SSSR count). The summed E-state index contributed by atoms with van der Waals surface area (Å²) in [6.07, 6.45) is 1.07. The molecule has 0 fully saturated rings. The number of hydrogen-bond donors (Lipinski definition) is 1.